The van der Waals surface area contributed by atoms with Gasteiger partial charge in [0.25, 0.3) is 0 Å². The van der Waals surface area contributed by atoms with Crippen LogP contribution in [0.15, 0.2) is 18.2 Å². The summed E-state index contributed by atoms with van der Waals surface area (Å²) < 4.78 is 13.0. The molecule has 17 heavy (non-hydrogen) atoms. The molecule has 1 aromatic carbocycles. The summed E-state index contributed by atoms with van der Waals surface area (Å²) in [6.45, 7) is 3.78. The molecule has 90 valence electrons. The SMILES string of the molecule is CCC(C#N)C(=O)NCc1ccc(F)c(C)c1. The number of nitriles is 1. The highest BCUT2D eigenvalue weighted by Gasteiger charge is 2.14. The minimum absolute atomic E-state index is 0.261. The molecule has 0 aliphatic heterocycles. The van der Waals surface area contributed by atoms with Crippen LogP contribution in [0.1, 0.15) is 24.5 Å². The van der Waals surface area contributed by atoms with Crippen LogP contribution >= 0.6 is 0 Å². The number of benzene rings is 1. The highest BCUT2D eigenvalue weighted by molar-refractivity contribution is 5.80. The van der Waals surface area contributed by atoms with Gasteiger partial charge < -0.3 is 5.32 Å². The first-order valence-electron chi connectivity index (χ1n) is 5.50. The summed E-state index contributed by atoms with van der Waals surface area (Å²) >= 11 is 0. The predicted molar refractivity (Wildman–Crippen MR) is 62.4 cm³/mol. The topological polar surface area (TPSA) is 52.9 Å². The number of aryl methyl sites for hydroxylation is 1. The predicted octanol–water partition coefficient (Wildman–Crippen LogP) is 2.30. The number of hydrogen-bond acceptors (Lipinski definition) is 2. The summed E-state index contributed by atoms with van der Waals surface area (Å²) in [5, 5.41) is 11.4. The quantitative estimate of drug-likeness (QED) is 0.869. The van der Waals surface area contributed by atoms with Gasteiger partial charge in [-0.1, -0.05) is 19.1 Å². The largest absolute Gasteiger partial charge is 0.351 e. The third-order valence-corrected chi connectivity index (χ3v) is 2.57. The van der Waals surface area contributed by atoms with Crippen LogP contribution in [0.3, 0.4) is 0 Å². The van der Waals surface area contributed by atoms with E-state index in [1.165, 1.54) is 6.07 Å². The van der Waals surface area contributed by atoms with Crippen LogP contribution in [0.25, 0.3) is 0 Å². The second-order valence-electron chi connectivity index (χ2n) is 3.89. The fourth-order valence-electron chi connectivity index (χ4n) is 1.46. The second kappa shape index (κ2) is 6.00. The lowest BCUT2D eigenvalue weighted by atomic mass is 10.1. The molecular formula is C13H15FN2O. The smallest absolute Gasteiger partial charge is 0.237 e. The Morgan fingerprint density at radius 1 is 1.59 bits per heavy atom. The fourth-order valence-corrected chi connectivity index (χ4v) is 1.46. The molecule has 0 saturated heterocycles. The van der Waals surface area contributed by atoms with Gasteiger partial charge in [-0.2, -0.15) is 5.26 Å². The molecule has 0 aromatic heterocycles. The number of halogens is 1. The molecule has 1 unspecified atom stereocenters. The van der Waals surface area contributed by atoms with E-state index in [1.54, 1.807) is 26.0 Å². The number of nitrogens with one attached hydrogen (secondary N) is 1. The van der Waals surface area contributed by atoms with Gasteiger partial charge in [-0.05, 0) is 30.5 Å². The highest BCUT2D eigenvalue weighted by Crippen LogP contribution is 2.09. The van der Waals surface area contributed by atoms with Crippen molar-refractivity contribution in [2.24, 2.45) is 5.92 Å². The van der Waals surface area contributed by atoms with E-state index in [4.69, 9.17) is 5.26 Å². The molecule has 3 nitrogen and oxygen atoms in total. The van der Waals surface area contributed by atoms with Crippen molar-refractivity contribution in [2.75, 3.05) is 0 Å². The van der Waals surface area contributed by atoms with Crippen molar-refractivity contribution in [3.8, 4) is 6.07 Å². The number of carbonyl (C=O) groups excluding carboxylic acids is 1. The zero-order valence-corrected chi connectivity index (χ0v) is 9.96. The Morgan fingerprint density at radius 2 is 2.29 bits per heavy atom. The second-order valence-corrected chi connectivity index (χ2v) is 3.89. The first-order chi connectivity index (χ1) is 8.08. The van der Waals surface area contributed by atoms with Gasteiger partial charge in [0.1, 0.15) is 11.7 Å². The van der Waals surface area contributed by atoms with Gasteiger partial charge >= 0.3 is 0 Å². The minimum Gasteiger partial charge on any atom is -0.351 e. The van der Waals surface area contributed by atoms with Gasteiger partial charge in [0.15, 0.2) is 0 Å². The summed E-state index contributed by atoms with van der Waals surface area (Å²) in [7, 11) is 0. The van der Waals surface area contributed by atoms with Gasteiger partial charge in [-0.25, -0.2) is 4.39 Å². The average Bonchev–Trinajstić information content (AvgIpc) is 2.32. The Hall–Kier alpha value is -1.89. The van der Waals surface area contributed by atoms with Crippen LogP contribution < -0.4 is 5.32 Å². The van der Waals surface area contributed by atoms with E-state index in [2.05, 4.69) is 5.32 Å². The van der Waals surface area contributed by atoms with Crippen molar-refractivity contribution < 1.29 is 9.18 Å². The summed E-state index contributed by atoms with van der Waals surface area (Å²) in [6.07, 6.45) is 0.491. The molecule has 0 fully saturated rings. The Labute approximate surface area is 100 Å². The zero-order valence-electron chi connectivity index (χ0n) is 9.96. The number of rotatable bonds is 4. The van der Waals surface area contributed by atoms with E-state index < -0.39 is 5.92 Å². The number of carbonyl (C=O) groups is 1. The first kappa shape index (κ1) is 13.2. The first-order valence-corrected chi connectivity index (χ1v) is 5.50. The van der Waals surface area contributed by atoms with Crippen LogP contribution in [0.4, 0.5) is 4.39 Å². The van der Waals surface area contributed by atoms with E-state index in [9.17, 15) is 9.18 Å². The Kier molecular flexibility index (Phi) is 4.65. The monoisotopic (exact) mass is 234 g/mol. The lowest BCUT2D eigenvalue weighted by molar-refractivity contribution is -0.123. The lowest BCUT2D eigenvalue weighted by Crippen LogP contribution is -2.29. The molecule has 1 amide bonds. The molecule has 0 radical (unpaired) electrons. The van der Waals surface area contributed by atoms with E-state index in [0.717, 1.165) is 5.56 Å². The molecule has 4 heteroatoms. The van der Waals surface area contributed by atoms with E-state index in [-0.39, 0.29) is 11.7 Å². The van der Waals surface area contributed by atoms with Crippen molar-refractivity contribution in [2.45, 2.75) is 26.8 Å². The molecule has 1 aromatic rings. The van der Waals surface area contributed by atoms with Gasteiger partial charge in [-0.3, -0.25) is 4.79 Å². The molecule has 0 aliphatic carbocycles. The Bertz CT molecular complexity index is 451. The molecule has 0 heterocycles. The summed E-state index contributed by atoms with van der Waals surface area (Å²) in [6, 6.07) is 6.61. The normalized spacial score (nSPS) is 11.6. The molecule has 1 rings (SSSR count). The van der Waals surface area contributed by atoms with Crippen LogP contribution in [-0.4, -0.2) is 5.91 Å². The molecule has 1 N–H and O–H groups in total. The van der Waals surface area contributed by atoms with Gasteiger partial charge in [0.2, 0.25) is 5.91 Å². The number of hydrogen-bond donors (Lipinski definition) is 1. The van der Waals surface area contributed by atoms with Gasteiger partial charge in [0.05, 0.1) is 6.07 Å². The molecule has 0 saturated carbocycles. The van der Waals surface area contributed by atoms with E-state index in [1.807, 2.05) is 6.07 Å². The summed E-state index contributed by atoms with van der Waals surface area (Å²) in [4.78, 5) is 11.5. The maximum atomic E-state index is 13.0. The fraction of sp³-hybridized carbons (Fsp3) is 0.385. The maximum Gasteiger partial charge on any atom is 0.237 e. The van der Waals surface area contributed by atoms with Crippen molar-refractivity contribution in [1.82, 2.24) is 5.32 Å². The van der Waals surface area contributed by atoms with Crippen LogP contribution in [0.5, 0.6) is 0 Å². The minimum atomic E-state index is -0.614. The molecule has 1 atom stereocenters. The molecule has 0 bridgehead atoms. The van der Waals surface area contributed by atoms with E-state index >= 15 is 0 Å². The van der Waals surface area contributed by atoms with Gasteiger partial charge in [-0.15, -0.1) is 0 Å². The maximum absolute atomic E-state index is 13.0. The van der Waals surface area contributed by atoms with Crippen molar-refractivity contribution in [3.63, 3.8) is 0 Å². The van der Waals surface area contributed by atoms with Crippen LogP contribution in [0.2, 0.25) is 0 Å². The molecule has 0 spiro atoms. The Balaban J connectivity index is 2.59. The highest BCUT2D eigenvalue weighted by atomic mass is 19.1. The molecular weight excluding hydrogens is 219 g/mol. The average molecular weight is 234 g/mol. The summed E-state index contributed by atoms with van der Waals surface area (Å²) in [5.74, 6) is -1.16. The molecule has 0 aliphatic rings. The number of amides is 1. The van der Waals surface area contributed by atoms with Crippen LogP contribution in [-0.2, 0) is 11.3 Å². The zero-order chi connectivity index (χ0) is 12.8. The van der Waals surface area contributed by atoms with Crippen molar-refractivity contribution in [3.05, 3.63) is 35.1 Å². The number of nitrogens with zero attached hydrogens (tertiary/aromatic N) is 1. The third-order valence-electron chi connectivity index (χ3n) is 2.57. The van der Waals surface area contributed by atoms with Crippen molar-refractivity contribution in [1.29, 1.82) is 5.26 Å². The standard InChI is InChI=1S/C13H15FN2O/c1-3-11(7-15)13(17)16-8-10-4-5-12(14)9(2)6-10/h4-6,11H,3,8H2,1-2H3,(H,16,17). The van der Waals surface area contributed by atoms with Gasteiger partial charge in [0, 0.05) is 6.54 Å². The van der Waals surface area contributed by atoms with Crippen LogP contribution in [0, 0.1) is 30.0 Å². The summed E-state index contributed by atoms with van der Waals surface area (Å²) in [5.41, 5.74) is 1.37. The Morgan fingerprint density at radius 3 is 2.82 bits per heavy atom. The van der Waals surface area contributed by atoms with Crippen molar-refractivity contribution >= 4 is 5.91 Å². The van der Waals surface area contributed by atoms with E-state index in [0.29, 0.717) is 18.5 Å². The third kappa shape index (κ3) is 3.56. The lowest BCUT2D eigenvalue weighted by Gasteiger charge is -2.08.